The first-order valence-corrected chi connectivity index (χ1v) is 9.85. The zero-order valence-electron chi connectivity index (χ0n) is 17.6. The van der Waals surface area contributed by atoms with Gasteiger partial charge >= 0.3 is 12.2 Å². The number of alkyl carbamates (subject to hydrolysis) is 1. The SMILES string of the molecule is COC(O)C(NC(=O)OCc1ccccc1)C1CCN(C(=O)OC(C)(C)C)CC1. The summed E-state index contributed by atoms with van der Waals surface area (Å²) in [7, 11) is 1.38. The van der Waals surface area contributed by atoms with Gasteiger partial charge in [-0.3, -0.25) is 0 Å². The molecule has 2 amide bonds. The number of hydrogen-bond donors (Lipinski definition) is 2. The molecule has 1 aromatic carbocycles. The van der Waals surface area contributed by atoms with E-state index in [4.69, 9.17) is 14.2 Å². The standard InChI is InChI=1S/C21H32N2O6/c1-21(2,3)29-20(26)23-12-10-16(11-13-23)17(18(24)27-4)22-19(25)28-14-15-8-6-5-7-9-15/h5-9,16-18,24H,10-14H2,1-4H3,(H,22,25). The Morgan fingerprint density at radius 3 is 2.38 bits per heavy atom. The average molecular weight is 408 g/mol. The second-order valence-electron chi connectivity index (χ2n) is 8.16. The number of rotatable bonds is 6. The molecule has 0 aliphatic carbocycles. The Hall–Kier alpha value is -2.32. The molecule has 0 saturated carbocycles. The fourth-order valence-electron chi connectivity index (χ4n) is 3.24. The van der Waals surface area contributed by atoms with Crippen molar-refractivity contribution >= 4 is 12.2 Å². The van der Waals surface area contributed by atoms with E-state index < -0.39 is 24.0 Å². The van der Waals surface area contributed by atoms with E-state index in [1.165, 1.54) is 7.11 Å². The molecule has 2 rings (SSSR count). The minimum atomic E-state index is -1.17. The molecule has 0 bridgehead atoms. The molecule has 1 fully saturated rings. The van der Waals surface area contributed by atoms with Crippen molar-refractivity contribution in [3.05, 3.63) is 35.9 Å². The average Bonchev–Trinajstić information content (AvgIpc) is 2.69. The first-order valence-electron chi connectivity index (χ1n) is 9.85. The number of ether oxygens (including phenoxy) is 3. The first kappa shape index (κ1) is 23.0. The number of aliphatic hydroxyl groups is 1. The van der Waals surface area contributed by atoms with E-state index in [0.29, 0.717) is 25.9 Å². The van der Waals surface area contributed by atoms with Crippen LogP contribution in [0.5, 0.6) is 0 Å². The van der Waals surface area contributed by atoms with Gasteiger partial charge in [-0.25, -0.2) is 9.59 Å². The molecule has 0 aromatic heterocycles. The number of amides is 2. The van der Waals surface area contributed by atoms with Gasteiger partial charge in [-0.1, -0.05) is 30.3 Å². The zero-order valence-corrected chi connectivity index (χ0v) is 17.6. The second kappa shape index (κ2) is 10.5. The van der Waals surface area contributed by atoms with Crippen molar-refractivity contribution in [3.63, 3.8) is 0 Å². The van der Waals surface area contributed by atoms with Gasteiger partial charge in [0.1, 0.15) is 12.2 Å². The third kappa shape index (κ3) is 7.55. The minimum Gasteiger partial charge on any atom is -0.445 e. The van der Waals surface area contributed by atoms with Crippen LogP contribution in [0.2, 0.25) is 0 Å². The Bertz CT molecular complexity index is 653. The molecule has 29 heavy (non-hydrogen) atoms. The molecule has 1 aliphatic rings. The smallest absolute Gasteiger partial charge is 0.410 e. The maximum atomic E-state index is 12.2. The van der Waals surface area contributed by atoms with Crippen LogP contribution >= 0.6 is 0 Å². The number of hydrogen-bond acceptors (Lipinski definition) is 6. The number of piperidine rings is 1. The molecular formula is C21H32N2O6. The van der Waals surface area contributed by atoms with Crippen LogP contribution in [0.15, 0.2) is 30.3 Å². The van der Waals surface area contributed by atoms with Crippen LogP contribution in [0.4, 0.5) is 9.59 Å². The molecule has 1 heterocycles. The van der Waals surface area contributed by atoms with Gasteiger partial charge in [0.2, 0.25) is 0 Å². The Morgan fingerprint density at radius 1 is 1.21 bits per heavy atom. The predicted octanol–water partition coefficient (Wildman–Crippen LogP) is 2.89. The lowest BCUT2D eigenvalue weighted by Gasteiger charge is -2.37. The van der Waals surface area contributed by atoms with Crippen molar-refractivity contribution in [1.82, 2.24) is 10.2 Å². The largest absolute Gasteiger partial charge is 0.445 e. The Kier molecular flexibility index (Phi) is 8.28. The normalized spacial score (nSPS) is 17.3. The summed E-state index contributed by atoms with van der Waals surface area (Å²) in [6.45, 7) is 6.58. The number of benzene rings is 1. The summed E-state index contributed by atoms with van der Waals surface area (Å²) in [6.07, 6.45) is -0.941. The fourth-order valence-corrected chi connectivity index (χ4v) is 3.24. The molecule has 2 N–H and O–H groups in total. The van der Waals surface area contributed by atoms with Crippen LogP contribution in [0.1, 0.15) is 39.2 Å². The van der Waals surface area contributed by atoms with E-state index in [2.05, 4.69) is 5.32 Å². The van der Waals surface area contributed by atoms with E-state index in [-0.39, 0.29) is 18.6 Å². The molecule has 8 nitrogen and oxygen atoms in total. The molecule has 2 atom stereocenters. The van der Waals surface area contributed by atoms with Crippen molar-refractivity contribution in [2.75, 3.05) is 20.2 Å². The van der Waals surface area contributed by atoms with Crippen LogP contribution < -0.4 is 5.32 Å². The number of aliphatic hydroxyl groups excluding tert-OH is 1. The highest BCUT2D eigenvalue weighted by Crippen LogP contribution is 2.24. The zero-order chi connectivity index (χ0) is 21.4. The van der Waals surface area contributed by atoms with Crippen LogP contribution in [0.3, 0.4) is 0 Å². The summed E-state index contributed by atoms with van der Waals surface area (Å²) in [4.78, 5) is 26.1. The van der Waals surface area contributed by atoms with Gasteiger partial charge in [-0.2, -0.15) is 0 Å². The van der Waals surface area contributed by atoms with Gasteiger partial charge in [0.15, 0.2) is 6.29 Å². The van der Waals surface area contributed by atoms with Crippen molar-refractivity contribution in [2.24, 2.45) is 5.92 Å². The van der Waals surface area contributed by atoms with Gasteiger partial charge in [0.05, 0.1) is 6.04 Å². The highest BCUT2D eigenvalue weighted by molar-refractivity contribution is 5.68. The predicted molar refractivity (Wildman–Crippen MR) is 107 cm³/mol. The van der Waals surface area contributed by atoms with Crippen molar-refractivity contribution in [1.29, 1.82) is 0 Å². The molecule has 1 aliphatic heterocycles. The van der Waals surface area contributed by atoms with E-state index >= 15 is 0 Å². The van der Waals surface area contributed by atoms with Gasteiger partial charge in [0, 0.05) is 20.2 Å². The fraction of sp³-hybridized carbons (Fsp3) is 0.619. The van der Waals surface area contributed by atoms with Crippen LogP contribution in [-0.2, 0) is 20.8 Å². The summed E-state index contributed by atoms with van der Waals surface area (Å²) >= 11 is 0. The number of nitrogens with one attached hydrogen (secondary N) is 1. The molecule has 1 aromatic rings. The monoisotopic (exact) mass is 408 g/mol. The molecule has 8 heteroatoms. The maximum Gasteiger partial charge on any atom is 0.410 e. The van der Waals surface area contributed by atoms with Crippen molar-refractivity contribution < 1.29 is 28.9 Å². The van der Waals surface area contributed by atoms with Gasteiger partial charge in [-0.15, -0.1) is 0 Å². The highest BCUT2D eigenvalue weighted by atomic mass is 16.6. The van der Waals surface area contributed by atoms with Gasteiger partial charge in [0.25, 0.3) is 0 Å². The third-order valence-electron chi connectivity index (χ3n) is 4.75. The first-order chi connectivity index (χ1) is 13.7. The minimum absolute atomic E-state index is 0.0621. The molecule has 0 radical (unpaired) electrons. The maximum absolute atomic E-state index is 12.2. The number of carbonyl (C=O) groups is 2. The quantitative estimate of drug-likeness (QED) is 0.703. The molecule has 162 valence electrons. The van der Waals surface area contributed by atoms with Crippen LogP contribution in [0, 0.1) is 5.92 Å². The molecular weight excluding hydrogens is 376 g/mol. The topological polar surface area (TPSA) is 97.3 Å². The highest BCUT2D eigenvalue weighted by Gasteiger charge is 2.35. The summed E-state index contributed by atoms with van der Waals surface area (Å²) in [5.41, 5.74) is 0.324. The molecule has 1 saturated heterocycles. The van der Waals surface area contributed by atoms with E-state index in [0.717, 1.165) is 5.56 Å². The third-order valence-corrected chi connectivity index (χ3v) is 4.75. The van der Waals surface area contributed by atoms with E-state index in [1.807, 2.05) is 51.1 Å². The van der Waals surface area contributed by atoms with Gasteiger partial charge < -0.3 is 29.5 Å². The summed E-state index contributed by atoms with van der Waals surface area (Å²) < 4.78 is 15.7. The Morgan fingerprint density at radius 2 is 1.83 bits per heavy atom. The Balaban J connectivity index is 1.88. The summed E-state index contributed by atoms with van der Waals surface area (Å²) in [5, 5.41) is 13.0. The van der Waals surface area contributed by atoms with Gasteiger partial charge in [-0.05, 0) is 45.1 Å². The lowest BCUT2D eigenvalue weighted by molar-refractivity contribution is -0.112. The lowest BCUT2D eigenvalue weighted by Crippen LogP contribution is -2.52. The van der Waals surface area contributed by atoms with E-state index in [9.17, 15) is 14.7 Å². The summed E-state index contributed by atoms with van der Waals surface area (Å²) in [5.74, 6) is -0.0621. The van der Waals surface area contributed by atoms with Crippen molar-refractivity contribution in [3.8, 4) is 0 Å². The Labute approximate surface area is 172 Å². The number of methoxy groups -OCH3 is 1. The summed E-state index contributed by atoms with van der Waals surface area (Å²) in [6, 6.07) is 8.71. The second-order valence-corrected chi connectivity index (χ2v) is 8.16. The molecule has 0 spiro atoms. The molecule has 2 unspecified atom stereocenters. The van der Waals surface area contributed by atoms with Crippen molar-refractivity contribution in [2.45, 2.75) is 58.2 Å². The van der Waals surface area contributed by atoms with Crippen LogP contribution in [0.25, 0.3) is 0 Å². The lowest BCUT2D eigenvalue weighted by atomic mass is 9.89. The number of nitrogens with zero attached hydrogens (tertiary/aromatic N) is 1. The number of likely N-dealkylation sites (tertiary alicyclic amines) is 1. The van der Waals surface area contributed by atoms with E-state index in [1.54, 1.807) is 4.90 Å². The number of carbonyl (C=O) groups excluding carboxylic acids is 2. The van der Waals surface area contributed by atoms with Crippen LogP contribution in [-0.4, -0.2) is 60.3 Å².